The van der Waals surface area contributed by atoms with E-state index in [0.29, 0.717) is 5.69 Å². The number of aromatic nitrogens is 1. The fraction of sp³-hybridized carbons (Fsp3) is 0.167. The van der Waals surface area contributed by atoms with E-state index in [0.717, 1.165) is 10.6 Å². The Morgan fingerprint density at radius 1 is 1.38 bits per heavy atom. The number of benzene rings is 1. The largest absolute Gasteiger partial charge is 0.481 e. The maximum absolute atomic E-state index is 10.8. The zero-order valence-electron chi connectivity index (χ0n) is 8.75. The van der Waals surface area contributed by atoms with Crippen molar-refractivity contribution in [2.24, 2.45) is 0 Å². The summed E-state index contributed by atoms with van der Waals surface area (Å²) in [7, 11) is 0. The fourth-order valence-electron chi connectivity index (χ4n) is 1.32. The van der Waals surface area contributed by atoms with Crippen molar-refractivity contribution >= 4 is 17.3 Å². The highest BCUT2D eigenvalue weighted by atomic mass is 32.1. The molecule has 4 heteroatoms. The highest BCUT2D eigenvalue weighted by Crippen LogP contribution is 2.26. The molecule has 0 radical (unpaired) electrons. The quantitative estimate of drug-likeness (QED) is 0.886. The smallest absolute Gasteiger partial charge is 0.312 e. The van der Waals surface area contributed by atoms with Gasteiger partial charge in [0.05, 0.1) is 11.6 Å². The Bertz CT molecular complexity index is 493. The van der Waals surface area contributed by atoms with Crippen LogP contribution in [0.5, 0.6) is 0 Å². The number of rotatable bonds is 3. The van der Waals surface area contributed by atoms with Gasteiger partial charge in [-0.2, -0.15) is 0 Å². The summed E-state index contributed by atoms with van der Waals surface area (Å²) in [6.45, 7) is 1.64. The summed E-state index contributed by atoms with van der Waals surface area (Å²) in [5, 5.41) is 11.6. The number of carbonyl (C=O) groups is 1. The zero-order valence-corrected chi connectivity index (χ0v) is 9.57. The van der Waals surface area contributed by atoms with Crippen LogP contribution in [0.15, 0.2) is 35.7 Å². The third-order valence-electron chi connectivity index (χ3n) is 2.36. The van der Waals surface area contributed by atoms with Gasteiger partial charge in [0.15, 0.2) is 0 Å². The number of nitrogens with zero attached hydrogens (tertiary/aromatic N) is 1. The van der Waals surface area contributed by atoms with E-state index < -0.39 is 11.9 Å². The van der Waals surface area contributed by atoms with E-state index in [9.17, 15) is 4.79 Å². The molecule has 1 aromatic heterocycles. The second kappa shape index (κ2) is 4.45. The van der Waals surface area contributed by atoms with Crippen LogP contribution in [0.4, 0.5) is 0 Å². The number of aliphatic carboxylic acids is 1. The zero-order chi connectivity index (χ0) is 11.5. The summed E-state index contributed by atoms with van der Waals surface area (Å²) in [5.41, 5.74) is 1.65. The lowest BCUT2D eigenvalue weighted by atomic mass is 10.1. The van der Waals surface area contributed by atoms with Crippen LogP contribution < -0.4 is 0 Å². The average molecular weight is 233 g/mol. The van der Waals surface area contributed by atoms with E-state index in [1.807, 2.05) is 30.3 Å². The van der Waals surface area contributed by atoms with Gasteiger partial charge in [0.1, 0.15) is 5.01 Å². The number of hydrogen-bond acceptors (Lipinski definition) is 3. The lowest BCUT2D eigenvalue weighted by molar-refractivity contribution is -0.138. The molecular weight excluding hydrogens is 222 g/mol. The van der Waals surface area contributed by atoms with Crippen LogP contribution in [0.2, 0.25) is 0 Å². The van der Waals surface area contributed by atoms with Gasteiger partial charge in [-0.15, -0.1) is 11.3 Å². The van der Waals surface area contributed by atoms with Gasteiger partial charge in [-0.05, 0) is 6.92 Å². The summed E-state index contributed by atoms with van der Waals surface area (Å²) in [6.07, 6.45) is 0. The van der Waals surface area contributed by atoms with E-state index in [2.05, 4.69) is 4.98 Å². The second-order valence-corrected chi connectivity index (χ2v) is 4.36. The van der Waals surface area contributed by atoms with Gasteiger partial charge >= 0.3 is 5.97 Å². The summed E-state index contributed by atoms with van der Waals surface area (Å²) < 4.78 is 0. The van der Waals surface area contributed by atoms with Gasteiger partial charge in [0, 0.05) is 10.9 Å². The Balaban J connectivity index is 2.30. The van der Waals surface area contributed by atoms with Gasteiger partial charge < -0.3 is 5.11 Å². The lowest BCUT2D eigenvalue weighted by Crippen LogP contribution is -2.07. The molecular formula is C12H11NO2S. The van der Waals surface area contributed by atoms with Crippen molar-refractivity contribution < 1.29 is 9.90 Å². The van der Waals surface area contributed by atoms with Gasteiger partial charge in [-0.3, -0.25) is 4.79 Å². The molecule has 2 rings (SSSR count). The number of hydrogen-bond donors (Lipinski definition) is 1. The Morgan fingerprint density at radius 3 is 2.69 bits per heavy atom. The maximum Gasteiger partial charge on any atom is 0.312 e. The molecule has 2 aromatic rings. The van der Waals surface area contributed by atoms with Crippen molar-refractivity contribution in [2.45, 2.75) is 12.8 Å². The Labute approximate surface area is 97.4 Å². The molecule has 1 atom stereocenters. The highest BCUT2D eigenvalue weighted by molar-refractivity contribution is 7.13. The second-order valence-electron chi connectivity index (χ2n) is 3.50. The van der Waals surface area contributed by atoms with E-state index >= 15 is 0 Å². The SMILES string of the molecule is CC(C(=O)O)c1csc(-c2ccccc2)n1. The maximum atomic E-state index is 10.8. The van der Waals surface area contributed by atoms with Gasteiger partial charge in [-0.1, -0.05) is 30.3 Å². The van der Waals surface area contributed by atoms with Crippen molar-refractivity contribution in [1.82, 2.24) is 4.98 Å². The molecule has 0 aliphatic carbocycles. The molecule has 0 aliphatic rings. The first-order valence-corrected chi connectivity index (χ1v) is 5.80. The molecule has 3 nitrogen and oxygen atoms in total. The van der Waals surface area contributed by atoms with Crippen molar-refractivity contribution in [3.05, 3.63) is 41.4 Å². The molecule has 1 heterocycles. The van der Waals surface area contributed by atoms with Crippen LogP contribution in [0.1, 0.15) is 18.5 Å². The molecule has 82 valence electrons. The van der Waals surface area contributed by atoms with Crippen LogP contribution >= 0.6 is 11.3 Å². The van der Waals surface area contributed by atoms with Crippen LogP contribution in [0, 0.1) is 0 Å². The highest BCUT2D eigenvalue weighted by Gasteiger charge is 2.17. The normalized spacial score (nSPS) is 12.3. The monoisotopic (exact) mass is 233 g/mol. The van der Waals surface area contributed by atoms with E-state index in [1.54, 1.807) is 12.3 Å². The van der Waals surface area contributed by atoms with Gasteiger partial charge in [0.25, 0.3) is 0 Å². The van der Waals surface area contributed by atoms with Gasteiger partial charge in [-0.25, -0.2) is 4.98 Å². The lowest BCUT2D eigenvalue weighted by Gasteiger charge is -2.00. The van der Waals surface area contributed by atoms with E-state index in [4.69, 9.17) is 5.11 Å². The molecule has 0 aliphatic heterocycles. The number of carboxylic acid groups (broad SMARTS) is 1. The molecule has 1 aromatic carbocycles. The molecule has 0 saturated heterocycles. The van der Waals surface area contributed by atoms with Crippen molar-refractivity contribution in [2.75, 3.05) is 0 Å². The summed E-state index contributed by atoms with van der Waals surface area (Å²) >= 11 is 1.47. The minimum atomic E-state index is -0.843. The molecule has 0 fully saturated rings. The molecule has 0 amide bonds. The first-order valence-electron chi connectivity index (χ1n) is 4.92. The molecule has 1 N–H and O–H groups in total. The number of thiazole rings is 1. The van der Waals surface area contributed by atoms with Crippen LogP contribution in [0.25, 0.3) is 10.6 Å². The summed E-state index contributed by atoms with van der Waals surface area (Å²) in [5.74, 6) is -1.39. The predicted octanol–water partition coefficient (Wildman–Crippen LogP) is 3.00. The van der Waals surface area contributed by atoms with Crippen LogP contribution in [0.3, 0.4) is 0 Å². The first kappa shape index (κ1) is 10.8. The molecule has 1 unspecified atom stereocenters. The Kier molecular flexibility index (Phi) is 3.01. The van der Waals surface area contributed by atoms with Crippen molar-refractivity contribution in [1.29, 1.82) is 0 Å². The van der Waals surface area contributed by atoms with Crippen molar-refractivity contribution in [3.8, 4) is 10.6 Å². The standard InChI is InChI=1S/C12H11NO2S/c1-8(12(14)15)10-7-16-11(13-10)9-5-3-2-4-6-9/h2-8H,1H3,(H,14,15). The molecule has 0 bridgehead atoms. The average Bonchev–Trinajstić information content (AvgIpc) is 2.78. The predicted molar refractivity (Wildman–Crippen MR) is 63.6 cm³/mol. The van der Waals surface area contributed by atoms with E-state index in [-0.39, 0.29) is 0 Å². The minimum absolute atomic E-state index is 0.547. The third-order valence-corrected chi connectivity index (χ3v) is 3.27. The first-order chi connectivity index (χ1) is 7.68. The minimum Gasteiger partial charge on any atom is -0.481 e. The summed E-state index contributed by atoms with van der Waals surface area (Å²) in [4.78, 5) is 15.1. The molecule has 16 heavy (non-hydrogen) atoms. The Hall–Kier alpha value is -1.68. The Morgan fingerprint density at radius 2 is 2.06 bits per heavy atom. The van der Waals surface area contributed by atoms with Crippen molar-refractivity contribution in [3.63, 3.8) is 0 Å². The summed E-state index contributed by atoms with van der Waals surface area (Å²) in [6, 6.07) is 9.76. The fourth-order valence-corrected chi connectivity index (χ4v) is 2.24. The van der Waals surface area contributed by atoms with Gasteiger partial charge in [0.2, 0.25) is 0 Å². The van der Waals surface area contributed by atoms with Crippen LogP contribution in [-0.2, 0) is 4.79 Å². The molecule has 0 spiro atoms. The third kappa shape index (κ3) is 2.12. The topological polar surface area (TPSA) is 50.2 Å². The van der Waals surface area contributed by atoms with Crippen LogP contribution in [-0.4, -0.2) is 16.1 Å². The number of carboxylic acids is 1. The van der Waals surface area contributed by atoms with E-state index in [1.165, 1.54) is 11.3 Å². The molecule has 0 saturated carbocycles.